The third kappa shape index (κ3) is 8.17. The number of urea groups is 1. The molecule has 0 unspecified atom stereocenters. The molecule has 3 amide bonds. The summed E-state index contributed by atoms with van der Waals surface area (Å²) in [7, 11) is 3.34. The molecular formula is C26H41N9O3. The lowest BCUT2D eigenvalue weighted by Crippen LogP contribution is -2.40. The molecule has 0 aliphatic carbocycles. The lowest BCUT2D eigenvalue weighted by molar-refractivity contribution is 0.0537. The van der Waals surface area contributed by atoms with Gasteiger partial charge in [-0.1, -0.05) is 33.8 Å². The van der Waals surface area contributed by atoms with Gasteiger partial charge in [0, 0.05) is 50.5 Å². The standard InChI is InChI=1S/C26H41N9O3/c1-8-12-27-25(37)35-13-11-19(15-35)28-22-30-23(32-24(31-22)34(6)16-26(3,4)5)29-20-14-18(10-9-17(20)2)21(36)33-38-7/h9-10,14,19H,8,11-13,15-16H2,1-7H3,(H,27,37)(H,33,36)(H2,28,29,30,31,32)/t19-/m0/s1. The van der Waals surface area contributed by atoms with E-state index in [2.05, 4.69) is 57.2 Å². The molecule has 0 saturated carbocycles. The van der Waals surface area contributed by atoms with Crippen molar-refractivity contribution in [3.8, 4) is 0 Å². The van der Waals surface area contributed by atoms with Crippen molar-refractivity contribution in [1.29, 1.82) is 0 Å². The van der Waals surface area contributed by atoms with Crippen molar-refractivity contribution in [2.75, 3.05) is 55.9 Å². The van der Waals surface area contributed by atoms with Gasteiger partial charge in [0.05, 0.1) is 7.11 Å². The van der Waals surface area contributed by atoms with Crippen molar-refractivity contribution in [3.05, 3.63) is 29.3 Å². The summed E-state index contributed by atoms with van der Waals surface area (Å²) >= 11 is 0. The van der Waals surface area contributed by atoms with Crippen LogP contribution in [0.15, 0.2) is 18.2 Å². The van der Waals surface area contributed by atoms with Crippen molar-refractivity contribution in [2.24, 2.45) is 5.41 Å². The molecule has 38 heavy (non-hydrogen) atoms. The second-order valence-corrected chi connectivity index (χ2v) is 10.8. The first-order chi connectivity index (χ1) is 18.0. The van der Waals surface area contributed by atoms with E-state index in [0.29, 0.717) is 48.7 Å². The number of amides is 3. The first-order valence-electron chi connectivity index (χ1n) is 13.0. The number of carbonyl (C=O) groups is 2. The van der Waals surface area contributed by atoms with Gasteiger partial charge in [0.2, 0.25) is 17.8 Å². The van der Waals surface area contributed by atoms with Gasteiger partial charge in [-0.15, -0.1) is 0 Å². The number of hydrogen-bond acceptors (Lipinski definition) is 9. The number of nitrogens with zero attached hydrogens (tertiary/aromatic N) is 5. The van der Waals surface area contributed by atoms with Crippen LogP contribution in [0.5, 0.6) is 0 Å². The Kier molecular flexibility index (Phi) is 9.67. The van der Waals surface area contributed by atoms with Crippen LogP contribution in [0.2, 0.25) is 0 Å². The lowest BCUT2D eigenvalue weighted by atomic mass is 9.96. The number of aromatic nitrogens is 3. The third-order valence-corrected chi connectivity index (χ3v) is 5.95. The van der Waals surface area contributed by atoms with E-state index >= 15 is 0 Å². The summed E-state index contributed by atoms with van der Waals surface area (Å²) < 4.78 is 0. The Labute approximate surface area is 224 Å². The number of nitrogens with one attached hydrogen (secondary N) is 4. The van der Waals surface area contributed by atoms with Crippen LogP contribution in [0.25, 0.3) is 0 Å². The Balaban J connectivity index is 1.85. The highest BCUT2D eigenvalue weighted by Crippen LogP contribution is 2.24. The minimum absolute atomic E-state index is 0.0150. The molecule has 208 valence electrons. The van der Waals surface area contributed by atoms with Gasteiger partial charge in [-0.25, -0.2) is 10.3 Å². The fourth-order valence-electron chi connectivity index (χ4n) is 4.20. The molecule has 0 bridgehead atoms. The quantitative estimate of drug-likeness (QED) is 0.343. The van der Waals surface area contributed by atoms with Crippen molar-refractivity contribution in [2.45, 2.75) is 53.5 Å². The summed E-state index contributed by atoms with van der Waals surface area (Å²) in [5.74, 6) is 0.931. The second-order valence-electron chi connectivity index (χ2n) is 10.8. The molecule has 1 aliphatic rings. The summed E-state index contributed by atoms with van der Waals surface area (Å²) in [6.07, 6.45) is 1.68. The first kappa shape index (κ1) is 28.9. The third-order valence-electron chi connectivity index (χ3n) is 5.95. The molecule has 1 aromatic carbocycles. The largest absolute Gasteiger partial charge is 0.349 e. The molecule has 12 nitrogen and oxygen atoms in total. The van der Waals surface area contributed by atoms with Crippen LogP contribution in [-0.2, 0) is 4.84 Å². The highest BCUT2D eigenvalue weighted by Gasteiger charge is 2.27. The van der Waals surface area contributed by atoms with Crippen LogP contribution in [0.1, 0.15) is 56.5 Å². The monoisotopic (exact) mass is 527 g/mol. The van der Waals surface area contributed by atoms with Crippen molar-refractivity contribution < 1.29 is 14.4 Å². The number of hydrogen-bond donors (Lipinski definition) is 4. The van der Waals surface area contributed by atoms with Crippen molar-refractivity contribution >= 4 is 35.5 Å². The zero-order chi connectivity index (χ0) is 27.9. The van der Waals surface area contributed by atoms with Gasteiger partial charge in [0.1, 0.15) is 0 Å². The van der Waals surface area contributed by atoms with Gasteiger partial charge in [-0.2, -0.15) is 15.0 Å². The Bertz CT molecular complexity index is 1120. The van der Waals surface area contributed by atoms with Crippen LogP contribution < -0.4 is 26.3 Å². The fourth-order valence-corrected chi connectivity index (χ4v) is 4.20. The normalized spacial score (nSPS) is 15.2. The van der Waals surface area contributed by atoms with E-state index in [1.807, 2.05) is 31.9 Å². The van der Waals surface area contributed by atoms with Crippen LogP contribution in [-0.4, -0.2) is 78.2 Å². The van der Waals surface area contributed by atoms with Gasteiger partial charge >= 0.3 is 6.03 Å². The van der Waals surface area contributed by atoms with Gasteiger partial charge in [-0.05, 0) is 42.9 Å². The SMILES string of the molecule is CCCNC(=O)N1CC[C@H](Nc2nc(Nc3cc(C(=O)NOC)ccc3C)nc(N(C)CC(C)(C)C)n2)C1. The molecule has 1 aromatic heterocycles. The van der Waals surface area contributed by atoms with E-state index < -0.39 is 0 Å². The van der Waals surface area contributed by atoms with Gasteiger partial charge < -0.3 is 25.8 Å². The molecule has 0 spiro atoms. The Morgan fingerprint density at radius 2 is 1.92 bits per heavy atom. The van der Waals surface area contributed by atoms with E-state index in [0.717, 1.165) is 24.9 Å². The molecule has 1 saturated heterocycles. The fraction of sp³-hybridized carbons (Fsp3) is 0.577. The summed E-state index contributed by atoms with van der Waals surface area (Å²) in [4.78, 5) is 47.2. The smallest absolute Gasteiger partial charge is 0.317 e. The molecule has 2 aromatic rings. The number of carbonyl (C=O) groups excluding carboxylic acids is 2. The maximum Gasteiger partial charge on any atom is 0.317 e. The summed E-state index contributed by atoms with van der Waals surface area (Å²) in [5.41, 5.74) is 4.41. The Hall–Kier alpha value is -3.67. The van der Waals surface area contributed by atoms with E-state index in [9.17, 15) is 9.59 Å². The zero-order valence-corrected chi connectivity index (χ0v) is 23.5. The van der Waals surface area contributed by atoms with Gasteiger partial charge in [0.25, 0.3) is 5.91 Å². The number of rotatable bonds is 10. The summed E-state index contributed by atoms with van der Waals surface area (Å²) in [6.45, 7) is 13.0. The second kappa shape index (κ2) is 12.7. The lowest BCUT2D eigenvalue weighted by Gasteiger charge is -2.27. The number of likely N-dealkylation sites (tertiary alicyclic amines) is 1. The molecule has 1 atom stereocenters. The summed E-state index contributed by atoms with van der Waals surface area (Å²) in [6, 6.07) is 5.26. The molecule has 1 aliphatic heterocycles. The van der Waals surface area contributed by atoms with Gasteiger partial charge in [-0.3, -0.25) is 9.63 Å². The minimum Gasteiger partial charge on any atom is -0.349 e. The summed E-state index contributed by atoms with van der Waals surface area (Å²) in [5, 5.41) is 9.59. The van der Waals surface area contributed by atoms with Gasteiger partial charge in [0.15, 0.2) is 0 Å². The zero-order valence-electron chi connectivity index (χ0n) is 23.5. The molecule has 0 radical (unpaired) electrons. The molecular weight excluding hydrogens is 486 g/mol. The maximum atomic E-state index is 12.4. The average molecular weight is 528 g/mol. The highest BCUT2D eigenvalue weighted by molar-refractivity contribution is 5.94. The molecule has 4 N–H and O–H groups in total. The van der Waals surface area contributed by atoms with Crippen molar-refractivity contribution in [1.82, 2.24) is 30.6 Å². The van der Waals surface area contributed by atoms with Crippen LogP contribution in [0, 0.1) is 12.3 Å². The Morgan fingerprint density at radius 1 is 1.18 bits per heavy atom. The molecule has 12 heteroatoms. The minimum atomic E-state index is -0.354. The Morgan fingerprint density at radius 3 is 2.61 bits per heavy atom. The van der Waals surface area contributed by atoms with E-state index in [-0.39, 0.29) is 23.4 Å². The van der Waals surface area contributed by atoms with Crippen LogP contribution in [0.4, 0.5) is 28.3 Å². The molecule has 1 fully saturated rings. The predicted molar refractivity (Wildman–Crippen MR) is 149 cm³/mol. The van der Waals surface area contributed by atoms with E-state index in [1.165, 1.54) is 7.11 Å². The van der Waals surface area contributed by atoms with Crippen LogP contribution in [0.3, 0.4) is 0 Å². The maximum absolute atomic E-state index is 12.4. The highest BCUT2D eigenvalue weighted by atomic mass is 16.6. The predicted octanol–water partition coefficient (Wildman–Crippen LogP) is 3.30. The van der Waals surface area contributed by atoms with Crippen molar-refractivity contribution in [3.63, 3.8) is 0 Å². The molecule has 3 rings (SSSR count). The topological polar surface area (TPSA) is 137 Å². The van der Waals surface area contributed by atoms with E-state index in [1.54, 1.807) is 17.0 Å². The van der Waals surface area contributed by atoms with E-state index in [4.69, 9.17) is 4.84 Å². The number of hydroxylamine groups is 1. The number of aryl methyl sites for hydroxylation is 1. The average Bonchev–Trinajstić information content (AvgIpc) is 3.31. The number of benzene rings is 1. The molecule has 2 heterocycles. The van der Waals surface area contributed by atoms with Crippen LogP contribution >= 0.6 is 0 Å². The number of anilines is 4. The first-order valence-corrected chi connectivity index (χ1v) is 13.0.